The van der Waals surface area contributed by atoms with Crippen LogP contribution in [0.4, 0.5) is 4.39 Å². The summed E-state index contributed by atoms with van der Waals surface area (Å²) in [6.45, 7) is 0.947. The fraction of sp³-hybridized carbons (Fsp3) is 0.278. The molecule has 1 saturated heterocycles. The Hall–Kier alpha value is -1.55. The van der Waals surface area contributed by atoms with Gasteiger partial charge >= 0.3 is 5.97 Å². The molecule has 0 saturated carbocycles. The third kappa shape index (κ3) is 4.48. The molecule has 1 aromatic carbocycles. The van der Waals surface area contributed by atoms with E-state index in [9.17, 15) is 22.7 Å². The largest absolute Gasteiger partial charge is 0.478 e. The molecule has 27 heavy (non-hydrogen) atoms. The fourth-order valence-corrected chi connectivity index (χ4v) is 6.17. The number of rotatable bonds is 5. The van der Waals surface area contributed by atoms with Crippen molar-refractivity contribution in [1.29, 1.82) is 0 Å². The second kappa shape index (κ2) is 8.22. The summed E-state index contributed by atoms with van der Waals surface area (Å²) in [6, 6.07) is 7.18. The lowest BCUT2D eigenvalue weighted by Gasteiger charge is -2.25. The van der Waals surface area contributed by atoms with Crippen molar-refractivity contribution in [3.05, 3.63) is 51.1 Å². The summed E-state index contributed by atoms with van der Waals surface area (Å²) in [4.78, 5) is 12.0. The van der Waals surface area contributed by atoms with E-state index in [-0.39, 0.29) is 20.2 Å². The van der Waals surface area contributed by atoms with E-state index in [2.05, 4.69) is 15.9 Å². The van der Waals surface area contributed by atoms with Gasteiger partial charge in [0.2, 0.25) is 0 Å². The molecule has 144 valence electrons. The summed E-state index contributed by atoms with van der Waals surface area (Å²) < 4.78 is 41.6. The number of thiophene rings is 1. The zero-order chi connectivity index (χ0) is 19.6. The van der Waals surface area contributed by atoms with Crippen LogP contribution in [0.15, 0.2) is 39.0 Å². The lowest BCUT2D eigenvalue weighted by atomic mass is 10.1. The highest BCUT2D eigenvalue weighted by molar-refractivity contribution is 9.10. The number of hydrogen-bond donors (Lipinski definition) is 1. The molecule has 2 heterocycles. The summed E-state index contributed by atoms with van der Waals surface area (Å²) in [7, 11) is -3.64. The molecule has 0 radical (unpaired) electrons. The molecular formula is C18H17BrFNO4S2. The first-order valence-electron chi connectivity index (χ1n) is 8.29. The first kappa shape index (κ1) is 20.2. The van der Waals surface area contributed by atoms with Gasteiger partial charge in [-0.3, -0.25) is 0 Å². The van der Waals surface area contributed by atoms with Crippen LogP contribution in [0.5, 0.6) is 0 Å². The highest BCUT2D eigenvalue weighted by atomic mass is 79.9. The Morgan fingerprint density at radius 2 is 1.89 bits per heavy atom. The van der Waals surface area contributed by atoms with Gasteiger partial charge in [0.15, 0.2) is 0 Å². The van der Waals surface area contributed by atoms with Crippen molar-refractivity contribution in [3.63, 3.8) is 0 Å². The van der Waals surface area contributed by atoms with Crippen LogP contribution < -0.4 is 0 Å². The van der Waals surface area contributed by atoms with Crippen molar-refractivity contribution in [2.75, 3.05) is 13.1 Å². The molecule has 0 spiro atoms. The molecule has 1 fully saturated rings. The Kier molecular flexibility index (Phi) is 6.15. The van der Waals surface area contributed by atoms with Gasteiger partial charge in [-0.1, -0.05) is 28.4 Å². The smallest absolute Gasteiger partial charge is 0.337 e. The molecule has 0 aliphatic carbocycles. The van der Waals surface area contributed by atoms with E-state index in [0.29, 0.717) is 17.6 Å². The number of benzene rings is 1. The third-order valence-electron chi connectivity index (χ3n) is 4.25. The SMILES string of the molecule is O=C(O)C(=Cc1ccc(Br)cc1F)c1ccc(S(=O)(=O)N2CCCCC2)s1. The average Bonchev–Trinajstić information content (AvgIpc) is 3.12. The summed E-state index contributed by atoms with van der Waals surface area (Å²) in [5, 5.41) is 9.54. The zero-order valence-corrected chi connectivity index (χ0v) is 17.4. The monoisotopic (exact) mass is 473 g/mol. The Labute approximate surface area is 169 Å². The van der Waals surface area contributed by atoms with E-state index in [1.54, 1.807) is 6.07 Å². The summed E-state index contributed by atoms with van der Waals surface area (Å²) >= 11 is 4.04. The van der Waals surface area contributed by atoms with E-state index in [1.807, 2.05) is 0 Å². The fourth-order valence-electron chi connectivity index (χ4n) is 2.85. The summed E-state index contributed by atoms with van der Waals surface area (Å²) in [5.41, 5.74) is -0.0363. The summed E-state index contributed by atoms with van der Waals surface area (Å²) in [5.74, 6) is -1.82. The average molecular weight is 474 g/mol. The van der Waals surface area contributed by atoms with E-state index in [1.165, 1.54) is 34.6 Å². The number of piperidine rings is 1. The number of carboxylic acid groups (broad SMARTS) is 1. The molecule has 0 bridgehead atoms. The molecule has 3 rings (SSSR count). The Morgan fingerprint density at radius 1 is 1.19 bits per heavy atom. The van der Waals surface area contributed by atoms with Crippen LogP contribution in [-0.2, 0) is 14.8 Å². The van der Waals surface area contributed by atoms with E-state index in [0.717, 1.165) is 30.6 Å². The van der Waals surface area contributed by atoms with Gasteiger partial charge in [0.25, 0.3) is 10.0 Å². The molecule has 0 amide bonds. The lowest BCUT2D eigenvalue weighted by molar-refractivity contribution is -0.130. The molecular weight excluding hydrogens is 457 g/mol. The molecule has 0 unspecified atom stereocenters. The molecule has 1 aliphatic heterocycles. The van der Waals surface area contributed by atoms with Crippen molar-refractivity contribution < 1.29 is 22.7 Å². The minimum absolute atomic E-state index is 0.0998. The molecule has 1 N–H and O–H groups in total. The molecule has 2 aromatic rings. The number of hydrogen-bond acceptors (Lipinski definition) is 4. The van der Waals surface area contributed by atoms with Crippen molar-refractivity contribution >= 4 is 54.9 Å². The van der Waals surface area contributed by atoms with Crippen LogP contribution in [0.1, 0.15) is 29.7 Å². The maximum atomic E-state index is 14.1. The van der Waals surface area contributed by atoms with Crippen LogP contribution in [0.3, 0.4) is 0 Å². The van der Waals surface area contributed by atoms with Crippen LogP contribution in [-0.4, -0.2) is 36.9 Å². The molecule has 0 atom stereocenters. The first-order chi connectivity index (χ1) is 12.8. The van der Waals surface area contributed by atoms with E-state index in [4.69, 9.17) is 0 Å². The van der Waals surface area contributed by atoms with Crippen LogP contribution in [0, 0.1) is 5.82 Å². The van der Waals surface area contributed by atoms with Gasteiger partial charge in [-0.2, -0.15) is 4.31 Å². The molecule has 9 heteroatoms. The standard InChI is InChI=1S/C18H17BrFNO4S2/c19-13-5-4-12(15(20)11-13)10-14(18(22)23)16-6-7-17(26-16)27(24,25)21-8-2-1-3-9-21/h4-7,10-11H,1-3,8-9H2,(H,22,23). The van der Waals surface area contributed by atoms with Gasteiger partial charge in [0.1, 0.15) is 10.0 Å². The normalized spacial score (nSPS) is 16.4. The highest BCUT2D eigenvalue weighted by Gasteiger charge is 2.28. The summed E-state index contributed by atoms with van der Waals surface area (Å²) in [6.07, 6.45) is 3.86. The predicted molar refractivity (Wildman–Crippen MR) is 107 cm³/mol. The van der Waals surface area contributed by atoms with Crippen molar-refractivity contribution in [2.24, 2.45) is 0 Å². The van der Waals surface area contributed by atoms with Crippen LogP contribution >= 0.6 is 27.3 Å². The zero-order valence-electron chi connectivity index (χ0n) is 14.2. The maximum Gasteiger partial charge on any atom is 0.337 e. The minimum atomic E-state index is -3.64. The number of aliphatic carboxylic acids is 1. The van der Waals surface area contributed by atoms with Gasteiger partial charge in [0.05, 0.1) is 5.57 Å². The van der Waals surface area contributed by atoms with Gasteiger partial charge in [-0.05, 0) is 43.2 Å². The van der Waals surface area contributed by atoms with E-state index >= 15 is 0 Å². The molecule has 1 aromatic heterocycles. The lowest BCUT2D eigenvalue weighted by Crippen LogP contribution is -2.35. The maximum absolute atomic E-state index is 14.1. The number of carboxylic acids is 1. The van der Waals surface area contributed by atoms with Gasteiger partial charge in [-0.15, -0.1) is 11.3 Å². The number of nitrogens with zero attached hydrogens (tertiary/aromatic N) is 1. The van der Waals surface area contributed by atoms with Crippen LogP contribution in [0.2, 0.25) is 0 Å². The van der Waals surface area contributed by atoms with Crippen molar-refractivity contribution in [2.45, 2.75) is 23.5 Å². The van der Waals surface area contributed by atoms with Crippen molar-refractivity contribution in [3.8, 4) is 0 Å². The van der Waals surface area contributed by atoms with Crippen molar-refractivity contribution in [1.82, 2.24) is 4.31 Å². The second-order valence-electron chi connectivity index (χ2n) is 6.11. The molecule has 1 aliphatic rings. The quantitative estimate of drug-likeness (QED) is 0.650. The Balaban J connectivity index is 1.96. The second-order valence-corrected chi connectivity index (χ2v) is 10.3. The van der Waals surface area contributed by atoms with Gasteiger partial charge < -0.3 is 5.11 Å². The minimum Gasteiger partial charge on any atom is -0.478 e. The topological polar surface area (TPSA) is 74.7 Å². The van der Waals surface area contributed by atoms with E-state index < -0.39 is 21.8 Å². The first-order valence-corrected chi connectivity index (χ1v) is 11.3. The highest BCUT2D eigenvalue weighted by Crippen LogP contribution is 2.32. The molecule has 5 nitrogen and oxygen atoms in total. The van der Waals surface area contributed by atoms with Crippen LogP contribution in [0.25, 0.3) is 11.6 Å². The number of carbonyl (C=O) groups is 1. The Bertz CT molecular complexity index is 995. The number of halogens is 2. The number of sulfonamides is 1. The third-order valence-corrected chi connectivity index (χ3v) is 8.23. The van der Waals surface area contributed by atoms with Gasteiger partial charge in [-0.25, -0.2) is 17.6 Å². The predicted octanol–water partition coefficient (Wildman–Crippen LogP) is 4.45. The Morgan fingerprint density at radius 3 is 2.52 bits per heavy atom. The van der Waals surface area contributed by atoms with Gasteiger partial charge in [0, 0.05) is 28.0 Å².